The van der Waals surface area contributed by atoms with Gasteiger partial charge in [0.1, 0.15) is 34.2 Å². The Balaban J connectivity index is 0.000000589. The van der Waals surface area contributed by atoms with Crippen LogP contribution in [-0.4, -0.2) is 5.11 Å². The highest BCUT2D eigenvalue weighted by Crippen LogP contribution is 2.54. The predicted octanol–water partition coefficient (Wildman–Crippen LogP) is -2.55. The number of aromatic hydroxyl groups is 1. The van der Waals surface area contributed by atoms with Crippen molar-refractivity contribution in [2.75, 3.05) is 0 Å². The Bertz CT molecular complexity index is 928. The number of hydrogen-bond acceptors (Lipinski definition) is 4. The van der Waals surface area contributed by atoms with Crippen LogP contribution in [0.2, 0.25) is 0 Å². The van der Waals surface area contributed by atoms with Crippen LogP contribution in [0.4, 0.5) is 0 Å². The van der Waals surface area contributed by atoms with Gasteiger partial charge in [-0.05, 0) is 60.7 Å². The Hall–Kier alpha value is -2.28. The zero-order chi connectivity index (χ0) is 21.4. The second-order valence-corrected chi connectivity index (χ2v) is 10.9. The predicted molar refractivity (Wildman–Crippen MR) is 113 cm³/mol. The van der Waals surface area contributed by atoms with Gasteiger partial charge in [-0.15, -0.1) is 0 Å². The van der Waals surface area contributed by atoms with Crippen molar-refractivity contribution >= 4 is 28.5 Å². The SMILES string of the molecule is Oc1ccc([P+](c2ccccc2)(c2ccccc2)c2ccccc2)cc1.[O-][I+2]([O-])[O-]. The minimum atomic E-state index is -4.01. The lowest BCUT2D eigenvalue weighted by Crippen LogP contribution is -4.05. The highest BCUT2D eigenvalue weighted by Gasteiger charge is 2.47. The maximum Gasteiger partial charge on any atom is 0.282 e. The highest BCUT2D eigenvalue weighted by molar-refractivity contribution is 8.01. The first kappa shape index (κ1) is 22.4. The smallest absolute Gasteiger partial charge is 0.282 e. The number of phenols is 1. The average Bonchev–Trinajstić information content (AvgIpc) is 2.77. The topological polar surface area (TPSA) is 89.4 Å². The molecule has 4 aromatic carbocycles. The molecule has 0 saturated carbocycles. The molecule has 152 valence electrons. The first-order chi connectivity index (χ1) is 14.5. The second-order valence-electron chi connectivity index (χ2n) is 6.38. The molecule has 0 aromatic heterocycles. The molecule has 0 atom stereocenters. The fourth-order valence-electron chi connectivity index (χ4n) is 3.53. The van der Waals surface area contributed by atoms with E-state index in [9.17, 15) is 5.11 Å². The van der Waals surface area contributed by atoms with E-state index in [1.54, 1.807) is 12.1 Å². The van der Waals surface area contributed by atoms with Gasteiger partial charge in [-0.25, -0.2) is 0 Å². The number of benzene rings is 4. The average molecular weight is 530 g/mol. The molecule has 0 heterocycles. The van der Waals surface area contributed by atoms with E-state index in [0.717, 1.165) is 0 Å². The lowest BCUT2D eigenvalue weighted by atomic mass is 10.3. The van der Waals surface area contributed by atoms with E-state index < -0.39 is 28.3 Å². The standard InChI is InChI=1S/C24H19OP.IO3/c25-20-16-18-24(19-17-20)26(21-10-4-1-5-11-21,22-12-6-2-7-13-22)23-14-8-3-9-15-23;2-1(3)4/h1-19H;/q;-1/p+1. The van der Waals surface area contributed by atoms with E-state index in [0.29, 0.717) is 5.75 Å². The molecule has 4 rings (SSSR count). The van der Waals surface area contributed by atoms with Crippen molar-refractivity contribution in [3.63, 3.8) is 0 Å². The highest BCUT2D eigenvalue weighted by atomic mass is 127. The Morgan fingerprint density at radius 1 is 0.467 bits per heavy atom. The van der Waals surface area contributed by atoms with Crippen molar-refractivity contribution in [1.82, 2.24) is 0 Å². The molecule has 6 heteroatoms. The van der Waals surface area contributed by atoms with E-state index >= 15 is 0 Å². The number of phenolic OH excluding ortho intramolecular Hbond substituents is 1. The van der Waals surface area contributed by atoms with Crippen molar-refractivity contribution in [3.8, 4) is 5.75 Å². The van der Waals surface area contributed by atoms with Crippen LogP contribution in [0.25, 0.3) is 0 Å². The van der Waals surface area contributed by atoms with Crippen LogP contribution in [0.15, 0.2) is 115 Å². The lowest BCUT2D eigenvalue weighted by molar-refractivity contribution is -1.73. The summed E-state index contributed by atoms with van der Waals surface area (Å²) in [5.41, 5.74) is 0. The maximum absolute atomic E-state index is 9.85. The quantitative estimate of drug-likeness (QED) is 0.233. The largest absolute Gasteiger partial charge is 0.508 e. The molecule has 0 aliphatic heterocycles. The molecule has 0 unspecified atom stereocenters. The molecule has 30 heavy (non-hydrogen) atoms. The Kier molecular flexibility index (Phi) is 7.96. The van der Waals surface area contributed by atoms with Crippen LogP contribution in [0, 0.1) is 0 Å². The third-order valence-electron chi connectivity index (χ3n) is 4.67. The van der Waals surface area contributed by atoms with Gasteiger partial charge in [0.25, 0.3) is 21.1 Å². The molecular formula is C24H20IO4P. The van der Waals surface area contributed by atoms with E-state index in [1.807, 2.05) is 0 Å². The third-order valence-corrected chi connectivity index (χ3v) is 8.96. The summed E-state index contributed by atoms with van der Waals surface area (Å²) in [6.45, 7) is 0. The van der Waals surface area contributed by atoms with Crippen molar-refractivity contribution in [1.29, 1.82) is 0 Å². The molecule has 0 bridgehead atoms. The molecule has 0 amide bonds. The minimum absolute atomic E-state index is 0.293. The van der Waals surface area contributed by atoms with E-state index in [-0.39, 0.29) is 0 Å². The van der Waals surface area contributed by atoms with Crippen molar-refractivity contribution in [3.05, 3.63) is 115 Å². The molecule has 1 N–H and O–H groups in total. The molecule has 0 saturated heterocycles. The zero-order valence-corrected chi connectivity index (χ0v) is 19.0. The molecule has 4 nitrogen and oxygen atoms in total. The number of halogens is 1. The van der Waals surface area contributed by atoms with Gasteiger partial charge < -0.3 is 15.4 Å². The Morgan fingerprint density at radius 3 is 1.03 bits per heavy atom. The van der Waals surface area contributed by atoms with Crippen LogP contribution < -0.4 is 52.6 Å². The Labute approximate surface area is 185 Å². The van der Waals surface area contributed by atoms with Crippen LogP contribution >= 0.6 is 7.26 Å². The monoisotopic (exact) mass is 530 g/mol. The van der Waals surface area contributed by atoms with Gasteiger partial charge in [-0.1, -0.05) is 54.6 Å². The summed E-state index contributed by atoms with van der Waals surface area (Å²) < 4.78 is 25.7. The fraction of sp³-hybridized carbons (Fsp3) is 0. The lowest BCUT2D eigenvalue weighted by Gasteiger charge is -2.27. The van der Waals surface area contributed by atoms with Gasteiger partial charge in [0.05, 0.1) is 0 Å². The first-order valence-corrected chi connectivity index (χ1v) is 13.6. The van der Waals surface area contributed by atoms with Gasteiger partial charge in [0, 0.05) is 0 Å². The van der Waals surface area contributed by atoms with E-state index in [2.05, 4.69) is 103 Å². The van der Waals surface area contributed by atoms with Crippen LogP contribution in [0.5, 0.6) is 5.75 Å². The summed E-state index contributed by atoms with van der Waals surface area (Å²) in [5, 5.41) is 15.0. The summed E-state index contributed by atoms with van der Waals surface area (Å²) in [4.78, 5) is 0. The molecule has 0 fully saturated rings. The van der Waals surface area contributed by atoms with Gasteiger partial charge in [0.2, 0.25) is 0 Å². The minimum Gasteiger partial charge on any atom is -0.508 e. The van der Waals surface area contributed by atoms with Crippen LogP contribution in [-0.2, 0) is 0 Å². The van der Waals surface area contributed by atoms with Crippen LogP contribution in [0.3, 0.4) is 0 Å². The summed E-state index contributed by atoms with van der Waals surface area (Å²) in [6, 6.07) is 39.9. The number of rotatable bonds is 4. The molecule has 0 spiro atoms. The zero-order valence-electron chi connectivity index (χ0n) is 16.0. The number of hydrogen-bond donors (Lipinski definition) is 1. The first-order valence-electron chi connectivity index (χ1n) is 9.13. The summed E-state index contributed by atoms with van der Waals surface area (Å²) in [5.74, 6) is 0.293. The summed E-state index contributed by atoms with van der Waals surface area (Å²) in [6.07, 6.45) is 0. The molecule has 4 aromatic rings. The van der Waals surface area contributed by atoms with Crippen molar-refractivity contribution in [2.45, 2.75) is 0 Å². The van der Waals surface area contributed by atoms with Crippen molar-refractivity contribution < 1.29 is 36.5 Å². The molecule has 0 radical (unpaired) electrons. The van der Waals surface area contributed by atoms with Gasteiger partial charge in [-0.2, -0.15) is 0 Å². The second kappa shape index (κ2) is 10.7. The van der Waals surface area contributed by atoms with Gasteiger partial charge in [0.15, 0.2) is 0 Å². The molecular weight excluding hydrogens is 510 g/mol. The molecule has 0 aliphatic carbocycles. The summed E-state index contributed by atoms with van der Waals surface area (Å²) in [7, 11) is -2.04. The molecule has 0 aliphatic rings. The third kappa shape index (κ3) is 5.06. The normalized spacial score (nSPS) is 10.9. The van der Waals surface area contributed by atoms with Crippen molar-refractivity contribution in [2.24, 2.45) is 0 Å². The summed E-state index contributed by atoms with van der Waals surface area (Å²) >= 11 is -4.01. The van der Waals surface area contributed by atoms with E-state index in [1.165, 1.54) is 21.2 Å². The van der Waals surface area contributed by atoms with Gasteiger partial charge in [-0.3, -0.25) is 0 Å². The Morgan fingerprint density at radius 2 is 0.733 bits per heavy atom. The maximum atomic E-state index is 9.85. The fourth-order valence-corrected chi connectivity index (χ4v) is 7.77. The van der Waals surface area contributed by atoms with E-state index in [4.69, 9.17) is 10.3 Å². The van der Waals surface area contributed by atoms with Gasteiger partial charge >= 0.3 is 0 Å². The van der Waals surface area contributed by atoms with Crippen LogP contribution in [0.1, 0.15) is 0 Å².